The molecule has 0 aromatic heterocycles. The lowest BCUT2D eigenvalue weighted by atomic mass is 10.0. The molecule has 4 amide bonds. The number of rotatable bonds is 5. The highest BCUT2D eigenvalue weighted by atomic mass is 16.5. The van der Waals surface area contributed by atoms with E-state index in [0.29, 0.717) is 19.1 Å². The normalized spacial score (nSPS) is 18.7. The monoisotopic (exact) mass is 410 g/mol. The summed E-state index contributed by atoms with van der Waals surface area (Å²) >= 11 is 0. The van der Waals surface area contributed by atoms with Gasteiger partial charge in [0.25, 0.3) is 0 Å². The summed E-state index contributed by atoms with van der Waals surface area (Å²) in [6, 6.07) is 12.5. The second kappa shape index (κ2) is 8.81. The van der Waals surface area contributed by atoms with Crippen molar-refractivity contribution in [3.63, 3.8) is 0 Å². The number of piperidine rings is 1. The van der Waals surface area contributed by atoms with Crippen molar-refractivity contribution in [3.05, 3.63) is 42.0 Å². The van der Waals surface area contributed by atoms with E-state index in [1.165, 1.54) is 0 Å². The lowest BCUT2D eigenvalue weighted by molar-refractivity contribution is 0.116. The summed E-state index contributed by atoms with van der Waals surface area (Å²) in [5.74, 6) is 0.835. The summed E-state index contributed by atoms with van der Waals surface area (Å²) in [4.78, 5) is 28.9. The number of carbonyl (C=O) groups excluding carboxylic acids is 2. The standard InChI is InChI=1S/C23H30N4O3/c1-24-22(28)26-11-3-4-20(15-26)27(19-8-9-19)23(29)25-14-16-5-6-18-13-21(30-2)10-7-17(18)12-16/h5-7,10,12-13,19-20H,3-4,8-9,11,14-15H2,1-2H3,(H,24,28)(H,25,29). The van der Waals surface area contributed by atoms with Gasteiger partial charge in [-0.3, -0.25) is 0 Å². The third kappa shape index (κ3) is 4.45. The molecule has 0 radical (unpaired) electrons. The molecular weight excluding hydrogens is 380 g/mol. The molecule has 4 rings (SSSR count). The van der Waals surface area contributed by atoms with Gasteiger partial charge in [-0.05, 0) is 60.2 Å². The van der Waals surface area contributed by atoms with Crippen LogP contribution in [0.3, 0.4) is 0 Å². The summed E-state index contributed by atoms with van der Waals surface area (Å²) in [7, 11) is 3.31. The Morgan fingerprint density at radius 3 is 2.60 bits per heavy atom. The van der Waals surface area contributed by atoms with Crippen LogP contribution in [0.15, 0.2) is 36.4 Å². The fourth-order valence-electron chi connectivity index (χ4n) is 4.29. The van der Waals surface area contributed by atoms with Crippen LogP contribution in [-0.4, -0.2) is 61.2 Å². The fourth-order valence-corrected chi connectivity index (χ4v) is 4.29. The third-order valence-corrected chi connectivity index (χ3v) is 6.02. The van der Waals surface area contributed by atoms with Crippen molar-refractivity contribution in [2.75, 3.05) is 27.2 Å². The van der Waals surface area contributed by atoms with Crippen LogP contribution in [0.4, 0.5) is 9.59 Å². The van der Waals surface area contributed by atoms with Crippen molar-refractivity contribution in [1.29, 1.82) is 0 Å². The van der Waals surface area contributed by atoms with Crippen LogP contribution >= 0.6 is 0 Å². The molecule has 1 aliphatic heterocycles. The van der Waals surface area contributed by atoms with Crippen molar-refractivity contribution >= 4 is 22.8 Å². The van der Waals surface area contributed by atoms with E-state index in [2.05, 4.69) is 22.8 Å². The number of ether oxygens (including phenoxy) is 1. The van der Waals surface area contributed by atoms with Gasteiger partial charge in [-0.15, -0.1) is 0 Å². The molecule has 1 saturated heterocycles. The molecular formula is C23H30N4O3. The number of hydrogen-bond donors (Lipinski definition) is 2. The summed E-state index contributed by atoms with van der Waals surface area (Å²) in [6.45, 7) is 1.83. The molecule has 2 fully saturated rings. The number of nitrogens with one attached hydrogen (secondary N) is 2. The summed E-state index contributed by atoms with van der Waals surface area (Å²) in [5.41, 5.74) is 1.06. The number of likely N-dealkylation sites (tertiary alicyclic amines) is 1. The van der Waals surface area contributed by atoms with Gasteiger partial charge in [0.1, 0.15) is 5.75 Å². The van der Waals surface area contributed by atoms with Crippen LogP contribution in [0, 0.1) is 0 Å². The number of nitrogens with zero attached hydrogens (tertiary/aromatic N) is 2. The number of fused-ring (bicyclic) bond motifs is 1. The maximum absolute atomic E-state index is 13.1. The Balaban J connectivity index is 1.41. The van der Waals surface area contributed by atoms with Crippen molar-refractivity contribution < 1.29 is 14.3 Å². The molecule has 2 N–H and O–H groups in total. The van der Waals surface area contributed by atoms with Crippen LogP contribution in [0.1, 0.15) is 31.2 Å². The quantitative estimate of drug-likeness (QED) is 0.794. The third-order valence-electron chi connectivity index (χ3n) is 6.02. The van der Waals surface area contributed by atoms with Crippen LogP contribution in [-0.2, 0) is 6.54 Å². The molecule has 1 saturated carbocycles. The van der Waals surface area contributed by atoms with E-state index in [4.69, 9.17) is 4.74 Å². The molecule has 2 aromatic carbocycles. The first kappa shape index (κ1) is 20.3. The Morgan fingerprint density at radius 2 is 1.87 bits per heavy atom. The first-order chi connectivity index (χ1) is 14.6. The molecule has 1 heterocycles. The van der Waals surface area contributed by atoms with Gasteiger partial charge in [0, 0.05) is 32.7 Å². The molecule has 1 unspecified atom stereocenters. The van der Waals surface area contributed by atoms with E-state index < -0.39 is 0 Å². The summed E-state index contributed by atoms with van der Waals surface area (Å²) < 4.78 is 5.28. The van der Waals surface area contributed by atoms with Crippen LogP contribution in [0.2, 0.25) is 0 Å². The SMILES string of the molecule is CNC(=O)N1CCCC(N(C(=O)NCc2ccc3cc(OC)ccc3c2)C2CC2)C1. The molecule has 2 aromatic rings. The highest BCUT2D eigenvalue weighted by Crippen LogP contribution is 2.31. The van der Waals surface area contributed by atoms with Gasteiger partial charge in [0.15, 0.2) is 0 Å². The van der Waals surface area contributed by atoms with E-state index >= 15 is 0 Å². The molecule has 1 atom stereocenters. The molecule has 1 aliphatic carbocycles. The zero-order valence-corrected chi connectivity index (χ0v) is 17.7. The Labute approximate surface area is 177 Å². The van der Waals surface area contributed by atoms with Crippen molar-refractivity contribution in [2.24, 2.45) is 0 Å². The van der Waals surface area contributed by atoms with Gasteiger partial charge >= 0.3 is 12.1 Å². The highest BCUT2D eigenvalue weighted by Gasteiger charge is 2.39. The van der Waals surface area contributed by atoms with E-state index in [-0.39, 0.29) is 18.1 Å². The maximum Gasteiger partial charge on any atom is 0.318 e. The number of amides is 4. The van der Waals surface area contributed by atoms with E-state index in [0.717, 1.165) is 54.3 Å². The molecule has 0 spiro atoms. The van der Waals surface area contributed by atoms with Crippen LogP contribution in [0.5, 0.6) is 5.75 Å². The van der Waals surface area contributed by atoms with Gasteiger partial charge in [-0.1, -0.05) is 18.2 Å². The van der Waals surface area contributed by atoms with Crippen molar-refractivity contribution in [2.45, 2.75) is 44.3 Å². The number of urea groups is 2. The molecule has 160 valence electrons. The largest absolute Gasteiger partial charge is 0.497 e. The smallest absolute Gasteiger partial charge is 0.318 e. The van der Waals surface area contributed by atoms with Gasteiger partial charge in [-0.2, -0.15) is 0 Å². The van der Waals surface area contributed by atoms with Crippen LogP contribution < -0.4 is 15.4 Å². The Bertz CT molecular complexity index is 928. The summed E-state index contributed by atoms with van der Waals surface area (Å²) in [6.07, 6.45) is 3.95. The van der Waals surface area contributed by atoms with Crippen molar-refractivity contribution in [3.8, 4) is 5.75 Å². The minimum Gasteiger partial charge on any atom is -0.497 e. The van der Waals surface area contributed by atoms with E-state index in [1.807, 2.05) is 34.1 Å². The average Bonchev–Trinajstić information content (AvgIpc) is 3.62. The topological polar surface area (TPSA) is 73.9 Å². The molecule has 2 aliphatic rings. The second-order valence-electron chi connectivity index (χ2n) is 8.14. The predicted octanol–water partition coefficient (Wildman–Crippen LogP) is 3.33. The minimum atomic E-state index is -0.0661. The zero-order valence-electron chi connectivity index (χ0n) is 17.7. The van der Waals surface area contributed by atoms with Crippen molar-refractivity contribution in [1.82, 2.24) is 20.4 Å². The van der Waals surface area contributed by atoms with Gasteiger partial charge in [0.05, 0.1) is 13.2 Å². The highest BCUT2D eigenvalue weighted by molar-refractivity contribution is 5.84. The first-order valence-electron chi connectivity index (χ1n) is 10.7. The Hall–Kier alpha value is -2.96. The predicted molar refractivity (Wildman–Crippen MR) is 117 cm³/mol. The number of carbonyl (C=O) groups is 2. The Morgan fingerprint density at radius 1 is 1.10 bits per heavy atom. The molecule has 7 heteroatoms. The Kier molecular flexibility index (Phi) is 5.97. The fraction of sp³-hybridized carbons (Fsp3) is 0.478. The van der Waals surface area contributed by atoms with Crippen LogP contribution in [0.25, 0.3) is 10.8 Å². The molecule has 30 heavy (non-hydrogen) atoms. The zero-order chi connectivity index (χ0) is 21.1. The number of hydrogen-bond acceptors (Lipinski definition) is 3. The average molecular weight is 411 g/mol. The van der Waals surface area contributed by atoms with Gasteiger partial charge < -0.3 is 25.2 Å². The van der Waals surface area contributed by atoms with E-state index in [1.54, 1.807) is 14.2 Å². The van der Waals surface area contributed by atoms with Gasteiger partial charge in [0.2, 0.25) is 0 Å². The number of methoxy groups -OCH3 is 1. The van der Waals surface area contributed by atoms with E-state index in [9.17, 15) is 9.59 Å². The lowest BCUT2D eigenvalue weighted by Gasteiger charge is -2.39. The minimum absolute atomic E-state index is 0.0314. The number of benzene rings is 2. The van der Waals surface area contributed by atoms with Gasteiger partial charge in [-0.25, -0.2) is 9.59 Å². The first-order valence-corrected chi connectivity index (χ1v) is 10.7. The maximum atomic E-state index is 13.1. The molecule has 0 bridgehead atoms. The lowest BCUT2D eigenvalue weighted by Crippen LogP contribution is -2.56. The second-order valence-corrected chi connectivity index (χ2v) is 8.14. The summed E-state index contributed by atoms with van der Waals surface area (Å²) in [5, 5.41) is 8.03. The molecule has 7 nitrogen and oxygen atoms in total.